The highest BCUT2D eigenvalue weighted by Gasteiger charge is 2.31. The van der Waals surface area contributed by atoms with Gasteiger partial charge >= 0.3 is 5.97 Å². The number of nitrogens with two attached hydrogens (primary N) is 3. The molecule has 208 valence electrons. The summed E-state index contributed by atoms with van der Waals surface area (Å²) in [5, 5.41) is 17.0. The minimum absolute atomic E-state index is 0.0162. The number of primary amides is 1. The van der Waals surface area contributed by atoms with Crippen LogP contribution in [0.5, 0.6) is 0 Å². The maximum Gasteiger partial charge on any atom is 0.326 e. The lowest BCUT2D eigenvalue weighted by Gasteiger charge is -2.25. The minimum atomic E-state index is -1.27. The lowest BCUT2D eigenvalue weighted by Crippen LogP contribution is -2.57. The summed E-state index contributed by atoms with van der Waals surface area (Å²) in [5.41, 5.74) is 17.2. The number of unbranched alkanes of at least 4 members (excludes halogenated alkanes) is 1. The van der Waals surface area contributed by atoms with E-state index in [0.717, 1.165) is 0 Å². The standard InChI is InChI=1S/C23H40N8O6/c1-13(2)9-18(23(36)37)31-21(34)16(6-7-19(26)32)29-22(35)17(10-14-11-27-12-28-14)30-20(33)15(25)5-3-4-8-24/h11-13,15-18H,3-10,24-25H2,1-2H3,(H2,26,32)(H,27,28)(H,29,35)(H,30,33)(H,31,34)(H,36,37). The van der Waals surface area contributed by atoms with Crippen molar-refractivity contribution in [2.45, 2.75) is 83.0 Å². The molecule has 0 radical (unpaired) electrons. The molecular formula is C23H40N8O6. The number of H-pyrrole nitrogens is 1. The molecule has 0 aliphatic carbocycles. The number of nitrogens with zero attached hydrogens (tertiary/aromatic N) is 1. The first-order chi connectivity index (χ1) is 17.4. The van der Waals surface area contributed by atoms with Crippen LogP contribution in [0.25, 0.3) is 0 Å². The Morgan fingerprint density at radius 1 is 0.973 bits per heavy atom. The summed E-state index contributed by atoms with van der Waals surface area (Å²) >= 11 is 0. The van der Waals surface area contributed by atoms with E-state index in [0.29, 0.717) is 31.5 Å². The van der Waals surface area contributed by atoms with Crippen LogP contribution in [0, 0.1) is 5.92 Å². The molecular weight excluding hydrogens is 484 g/mol. The number of nitrogens with one attached hydrogen (secondary N) is 4. The van der Waals surface area contributed by atoms with Gasteiger partial charge in [0.2, 0.25) is 23.6 Å². The number of carbonyl (C=O) groups is 5. The Morgan fingerprint density at radius 3 is 2.14 bits per heavy atom. The van der Waals surface area contributed by atoms with Crippen molar-refractivity contribution in [2.24, 2.45) is 23.1 Å². The molecule has 1 rings (SSSR count). The molecule has 14 heteroatoms. The topological polar surface area (TPSA) is 248 Å². The van der Waals surface area contributed by atoms with Crippen molar-refractivity contribution in [2.75, 3.05) is 6.54 Å². The molecule has 4 unspecified atom stereocenters. The number of amides is 4. The van der Waals surface area contributed by atoms with Gasteiger partial charge in [0.15, 0.2) is 0 Å². The Balaban J connectivity index is 3.04. The predicted octanol–water partition coefficient (Wildman–Crippen LogP) is -1.74. The molecule has 0 bridgehead atoms. The summed E-state index contributed by atoms with van der Waals surface area (Å²) in [7, 11) is 0. The largest absolute Gasteiger partial charge is 0.480 e. The molecule has 4 amide bonds. The highest BCUT2D eigenvalue weighted by Crippen LogP contribution is 2.08. The van der Waals surface area contributed by atoms with Crippen molar-refractivity contribution in [3.63, 3.8) is 0 Å². The van der Waals surface area contributed by atoms with E-state index in [-0.39, 0.29) is 31.6 Å². The Morgan fingerprint density at radius 2 is 1.59 bits per heavy atom. The fourth-order valence-electron chi connectivity index (χ4n) is 3.54. The number of aliphatic carboxylic acids is 1. The zero-order chi connectivity index (χ0) is 28.0. The summed E-state index contributed by atoms with van der Waals surface area (Å²) in [6, 6.07) is -4.46. The molecule has 1 aromatic rings. The van der Waals surface area contributed by atoms with Crippen molar-refractivity contribution < 1.29 is 29.1 Å². The van der Waals surface area contributed by atoms with Crippen molar-refractivity contribution in [3.8, 4) is 0 Å². The van der Waals surface area contributed by atoms with Crippen LogP contribution in [-0.2, 0) is 30.4 Å². The monoisotopic (exact) mass is 524 g/mol. The molecule has 1 aromatic heterocycles. The highest BCUT2D eigenvalue weighted by atomic mass is 16.4. The van der Waals surface area contributed by atoms with Crippen molar-refractivity contribution >= 4 is 29.6 Å². The van der Waals surface area contributed by atoms with Gasteiger partial charge in [0.1, 0.15) is 18.1 Å². The number of hydrogen-bond acceptors (Lipinski definition) is 8. The molecule has 1 heterocycles. The average molecular weight is 525 g/mol. The van der Waals surface area contributed by atoms with Crippen LogP contribution in [0.15, 0.2) is 12.5 Å². The van der Waals surface area contributed by atoms with Gasteiger partial charge in [-0.25, -0.2) is 9.78 Å². The van der Waals surface area contributed by atoms with Crippen LogP contribution in [0.2, 0.25) is 0 Å². The van der Waals surface area contributed by atoms with E-state index in [4.69, 9.17) is 17.2 Å². The summed E-state index contributed by atoms with van der Waals surface area (Å²) in [6.07, 6.45) is 4.39. The molecule has 37 heavy (non-hydrogen) atoms. The van der Waals surface area contributed by atoms with E-state index in [1.165, 1.54) is 12.5 Å². The third-order valence-corrected chi connectivity index (χ3v) is 5.55. The summed E-state index contributed by atoms with van der Waals surface area (Å²) in [4.78, 5) is 68.5. The van der Waals surface area contributed by atoms with E-state index < -0.39 is 53.8 Å². The fraction of sp³-hybridized carbons (Fsp3) is 0.652. The molecule has 0 fully saturated rings. The molecule has 0 aromatic carbocycles. The second kappa shape index (κ2) is 16.3. The molecule has 4 atom stereocenters. The van der Waals surface area contributed by atoms with Gasteiger partial charge in [0.25, 0.3) is 0 Å². The van der Waals surface area contributed by atoms with Crippen LogP contribution in [0.4, 0.5) is 0 Å². The average Bonchev–Trinajstić information content (AvgIpc) is 3.33. The minimum Gasteiger partial charge on any atom is -0.480 e. The molecule has 14 nitrogen and oxygen atoms in total. The van der Waals surface area contributed by atoms with E-state index in [9.17, 15) is 29.1 Å². The molecule has 0 saturated heterocycles. The van der Waals surface area contributed by atoms with Gasteiger partial charge in [-0.3, -0.25) is 19.2 Å². The number of rotatable bonds is 18. The second-order valence-corrected chi connectivity index (χ2v) is 9.33. The van der Waals surface area contributed by atoms with Crippen molar-refractivity contribution in [3.05, 3.63) is 18.2 Å². The first kappa shape index (κ1) is 31.5. The number of aromatic amines is 1. The van der Waals surface area contributed by atoms with Gasteiger partial charge in [0, 0.05) is 24.7 Å². The number of hydrogen-bond donors (Lipinski definition) is 8. The van der Waals surface area contributed by atoms with Crippen LogP contribution in [0.3, 0.4) is 0 Å². The summed E-state index contributed by atoms with van der Waals surface area (Å²) in [6.45, 7) is 4.07. The van der Waals surface area contributed by atoms with Gasteiger partial charge in [-0.15, -0.1) is 0 Å². The first-order valence-corrected chi connectivity index (χ1v) is 12.3. The third kappa shape index (κ3) is 12.3. The Labute approximate surface area is 215 Å². The Bertz CT molecular complexity index is 892. The van der Waals surface area contributed by atoms with E-state index >= 15 is 0 Å². The zero-order valence-electron chi connectivity index (χ0n) is 21.4. The quantitative estimate of drug-likeness (QED) is 0.101. The van der Waals surface area contributed by atoms with E-state index in [2.05, 4.69) is 25.9 Å². The van der Waals surface area contributed by atoms with Crippen LogP contribution in [-0.4, -0.2) is 75.4 Å². The number of carboxylic acid groups (broad SMARTS) is 1. The van der Waals surface area contributed by atoms with E-state index in [1.807, 2.05) is 0 Å². The Kier molecular flexibility index (Phi) is 13.9. The van der Waals surface area contributed by atoms with Gasteiger partial charge in [-0.05, 0) is 38.1 Å². The Hall–Kier alpha value is -3.52. The molecule has 0 spiro atoms. The number of carbonyl (C=O) groups excluding carboxylic acids is 4. The zero-order valence-corrected chi connectivity index (χ0v) is 21.4. The molecule has 0 aliphatic heterocycles. The van der Waals surface area contributed by atoms with E-state index in [1.54, 1.807) is 13.8 Å². The number of aromatic nitrogens is 2. The number of imidazole rings is 1. The molecule has 0 saturated carbocycles. The van der Waals surface area contributed by atoms with Gasteiger partial charge < -0.3 is 43.2 Å². The normalized spacial score (nSPS) is 14.3. The van der Waals surface area contributed by atoms with Crippen molar-refractivity contribution in [1.82, 2.24) is 25.9 Å². The lowest BCUT2D eigenvalue weighted by molar-refractivity contribution is -0.143. The highest BCUT2D eigenvalue weighted by molar-refractivity contribution is 5.94. The summed E-state index contributed by atoms with van der Waals surface area (Å²) in [5.74, 6) is -4.02. The number of carboxylic acids is 1. The van der Waals surface area contributed by atoms with Gasteiger partial charge in [-0.1, -0.05) is 20.3 Å². The van der Waals surface area contributed by atoms with Crippen molar-refractivity contribution in [1.29, 1.82) is 0 Å². The molecule has 11 N–H and O–H groups in total. The van der Waals surface area contributed by atoms with Crippen LogP contribution < -0.4 is 33.2 Å². The fourth-order valence-corrected chi connectivity index (χ4v) is 3.54. The maximum atomic E-state index is 13.2. The SMILES string of the molecule is CC(C)CC(NC(=O)C(CCC(N)=O)NC(=O)C(Cc1cnc[nH]1)NC(=O)C(N)CCCCN)C(=O)O. The first-order valence-electron chi connectivity index (χ1n) is 12.3. The lowest BCUT2D eigenvalue weighted by atomic mass is 10.0. The van der Waals surface area contributed by atoms with Gasteiger partial charge in [0.05, 0.1) is 12.4 Å². The maximum absolute atomic E-state index is 13.2. The third-order valence-electron chi connectivity index (χ3n) is 5.55. The molecule has 0 aliphatic rings. The summed E-state index contributed by atoms with van der Waals surface area (Å²) < 4.78 is 0. The van der Waals surface area contributed by atoms with Crippen LogP contribution >= 0.6 is 0 Å². The smallest absolute Gasteiger partial charge is 0.326 e. The van der Waals surface area contributed by atoms with Gasteiger partial charge in [-0.2, -0.15) is 0 Å². The van der Waals surface area contributed by atoms with Crippen LogP contribution in [0.1, 0.15) is 58.1 Å². The second-order valence-electron chi connectivity index (χ2n) is 9.33. The predicted molar refractivity (Wildman–Crippen MR) is 134 cm³/mol.